The first kappa shape index (κ1) is 18.8. The summed E-state index contributed by atoms with van der Waals surface area (Å²) in [6, 6.07) is 12.1. The fourth-order valence-corrected chi connectivity index (χ4v) is 3.70. The largest absolute Gasteiger partial charge is 0.383 e. The van der Waals surface area contributed by atoms with E-state index in [1.165, 1.54) is 12.1 Å². The van der Waals surface area contributed by atoms with E-state index >= 15 is 0 Å². The Hall–Kier alpha value is -2.58. The number of piperazine rings is 1. The maximum Gasteiger partial charge on any atom is 0.256 e. The van der Waals surface area contributed by atoms with Gasteiger partial charge >= 0.3 is 0 Å². The second-order valence-electron chi connectivity index (χ2n) is 6.73. The quantitative estimate of drug-likeness (QED) is 0.672. The van der Waals surface area contributed by atoms with Gasteiger partial charge in [-0.15, -0.1) is 0 Å². The first-order valence-electron chi connectivity index (χ1n) is 8.99. The van der Waals surface area contributed by atoms with Crippen LogP contribution < -0.4 is 5.73 Å². The molecule has 2 heterocycles. The number of para-hydroxylation sites is 1. The highest BCUT2D eigenvalue weighted by atomic mass is 79.9. The normalized spacial score (nSPS) is 15.1. The smallest absolute Gasteiger partial charge is 0.256 e. The van der Waals surface area contributed by atoms with Crippen molar-refractivity contribution in [2.75, 3.05) is 31.9 Å². The van der Waals surface area contributed by atoms with Crippen LogP contribution in [0.4, 0.5) is 10.2 Å². The average molecular weight is 444 g/mol. The summed E-state index contributed by atoms with van der Waals surface area (Å²) in [5.41, 5.74) is 6.97. The van der Waals surface area contributed by atoms with Crippen molar-refractivity contribution in [3.05, 3.63) is 64.1 Å². The Balaban J connectivity index is 1.41. The molecule has 1 saturated heterocycles. The molecule has 28 heavy (non-hydrogen) atoms. The number of amides is 1. The number of hydrogen-bond acceptors (Lipinski definition) is 5. The molecule has 3 aromatic rings. The van der Waals surface area contributed by atoms with Crippen molar-refractivity contribution >= 4 is 38.6 Å². The molecule has 0 unspecified atom stereocenters. The molecule has 144 valence electrons. The van der Waals surface area contributed by atoms with Crippen molar-refractivity contribution in [3.8, 4) is 0 Å². The molecule has 1 amide bonds. The van der Waals surface area contributed by atoms with E-state index in [4.69, 9.17) is 5.73 Å². The molecule has 1 aliphatic heterocycles. The van der Waals surface area contributed by atoms with Gasteiger partial charge in [-0.25, -0.2) is 14.4 Å². The average Bonchev–Trinajstić information content (AvgIpc) is 2.68. The molecular formula is C20H19BrFN5O. The minimum atomic E-state index is -0.512. The van der Waals surface area contributed by atoms with Gasteiger partial charge in [-0.05, 0) is 30.3 Å². The zero-order valence-corrected chi connectivity index (χ0v) is 16.7. The molecule has 4 rings (SSSR count). The lowest BCUT2D eigenvalue weighted by molar-refractivity contribution is 0.0621. The SMILES string of the molecule is Nc1nc(CN2CCN(C(=O)c3ccc(Br)cc3F)CC2)nc2ccccc12. The predicted molar refractivity (Wildman–Crippen MR) is 109 cm³/mol. The van der Waals surface area contributed by atoms with Crippen LogP contribution in [0.3, 0.4) is 0 Å². The van der Waals surface area contributed by atoms with E-state index in [-0.39, 0.29) is 11.5 Å². The lowest BCUT2D eigenvalue weighted by Crippen LogP contribution is -2.48. The number of hydrogen-bond donors (Lipinski definition) is 1. The summed E-state index contributed by atoms with van der Waals surface area (Å²) in [6.07, 6.45) is 0. The highest BCUT2D eigenvalue weighted by Gasteiger charge is 2.24. The highest BCUT2D eigenvalue weighted by molar-refractivity contribution is 9.10. The molecule has 0 saturated carbocycles. The molecule has 6 nitrogen and oxygen atoms in total. The first-order chi connectivity index (χ1) is 13.5. The Morgan fingerprint density at radius 2 is 1.86 bits per heavy atom. The van der Waals surface area contributed by atoms with Crippen LogP contribution >= 0.6 is 15.9 Å². The van der Waals surface area contributed by atoms with Gasteiger partial charge in [0.1, 0.15) is 17.5 Å². The van der Waals surface area contributed by atoms with Gasteiger partial charge in [-0.2, -0.15) is 0 Å². The zero-order valence-electron chi connectivity index (χ0n) is 15.1. The Bertz CT molecular complexity index is 1040. The number of nitrogen functional groups attached to an aromatic ring is 1. The maximum atomic E-state index is 14.1. The van der Waals surface area contributed by atoms with Crippen molar-refractivity contribution in [2.24, 2.45) is 0 Å². The summed E-state index contributed by atoms with van der Waals surface area (Å²) in [5.74, 6) is 0.341. The minimum absolute atomic E-state index is 0.0993. The molecule has 2 N–H and O–H groups in total. The lowest BCUT2D eigenvalue weighted by atomic mass is 10.1. The molecule has 1 aromatic heterocycles. The fraction of sp³-hybridized carbons (Fsp3) is 0.250. The van der Waals surface area contributed by atoms with Gasteiger partial charge in [0.05, 0.1) is 17.6 Å². The third kappa shape index (κ3) is 3.83. The van der Waals surface area contributed by atoms with Crippen LogP contribution in [0, 0.1) is 5.82 Å². The summed E-state index contributed by atoms with van der Waals surface area (Å²) in [7, 11) is 0. The molecule has 0 radical (unpaired) electrons. The van der Waals surface area contributed by atoms with E-state index < -0.39 is 5.82 Å². The highest BCUT2D eigenvalue weighted by Crippen LogP contribution is 2.20. The summed E-state index contributed by atoms with van der Waals surface area (Å²) < 4.78 is 14.7. The number of anilines is 1. The topological polar surface area (TPSA) is 75.3 Å². The van der Waals surface area contributed by atoms with E-state index in [1.54, 1.807) is 11.0 Å². The number of rotatable bonds is 3. The van der Waals surface area contributed by atoms with Crippen molar-refractivity contribution in [1.29, 1.82) is 0 Å². The molecule has 0 aliphatic carbocycles. The Kier molecular flexibility index (Phi) is 5.23. The van der Waals surface area contributed by atoms with E-state index in [9.17, 15) is 9.18 Å². The molecular weight excluding hydrogens is 425 g/mol. The third-order valence-corrected chi connectivity index (χ3v) is 5.36. The number of nitrogens with zero attached hydrogens (tertiary/aromatic N) is 4. The van der Waals surface area contributed by atoms with Crippen LogP contribution in [-0.4, -0.2) is 51.9 Å². The Labute approximate surface area is 170 Å². The van der Waals surface area contributed by atoms with Crippen molar-refractivity contribution < 1.29 is 9.18 Å². The monoisotopic (exact) mass is 443 g/mol. The molecule has 0 spiro atoms. The molecule has 1 aliphatic rings. The second-order valence-corrected chi connectivity index (χ2v) is 7.65. The fourth-order valence-electron chi connectivity index (χ4n) is 3.36. The van der Waals surface area contributed by atoms with Crippen molar-refractivity contribution in [1.82, 2.24) is 19.8 Å². The van der Waals surface area contributed by atoms with Gasteiger partial charge in [-0.3, -0.25) is 9.69 Å². The minimum Gasteiger partial charge on any atom is -0.383 e. The van der Waals surface area contributed by atoms with E-state index in [1.807, 2.05) is 24.3 Å². The van der Waals surface area contributed by atoms with Gasteiger partial charge in [0.15, 0.2) is 0 Å². The van der Waals surface area contributed by atoms with Crippen molar-refractivity contribution in [3.63, 3.8) is 0 Å². The van der Waals surface area contributed by atoms with Crippen LogP contribution in [0.2, 0.25) is 0 Å². The Morgan fingerprint density at radius 3 is 2.61 bits per heavy atom. The molecule has 1 fully saturated rings. The van der Waals surface area contributed by atoms with Crippen molar-refractivity contribution in [2.45, 2.75) is 6.54 Å². The van der Waals surface area contributed by atoms with Gasteiger partial charge in [0.2, 0.25) is 0 Å². The molecule has 2 aromatic carbocycles. The molecule has 8 heteroatoms. The number of carbonyl (C=O) groups excluding carboxylic acids is 1. The molecule has 0 atom stereocenters. The van der Waals surface area contributed by atoms with Gasteiger partial charge in [-0.1, -0.05) is 28.1 Å². The zero-order chi connectivity index (χ0) is 19.7. The van der Waals surface area contributed by atoms with E-state index in [0.29, 0.717) is 48.8 Å². The van der Waals surface area contributed by atoms with Crippen LogP contribution in [-0.2, 0) is 6.54 Å². The number of nitrogens with two attached hydrogens (primary N) is 1. The van der Waals surface area contributed by atoms with Gasteiger partial charge in [0, 0.05) is 36.0 Å². The van der Waals surface area contributed by atoms with Crippen LogP contribution in [0.25, 0.3) is 10.9 Å². The predicted octanol–water partition coefficient (Wildman–Crippen LogP) is 3.07. The number of halogens is 2. The number of fused-ring (bicyclic) bond motifs is 1. The number of carbonyl (C=O) groups is 1. The Morgan fingerprint density at radius 1 is 1.11 bits per heavy atom. The summed E-state index contributed by atoms with van der Waals surface area (Å²) in [6.45, 7) is 2.94. The summed E-state index contributed by atoms with van der Waals surface area (Å²) in [4.78, 5) is 25.4. The molecule has 0 bridgehead atoms. The maximum absolute atomic E-state index is 14.1. The summed E-state index contributed by atoms with van der Waals surface area (Å²) in [5, 5.41) is 0.846. The van der Waals surface area contributed by atoms with Crippen LogP contribution in [0.5, 0.6) is 0 Å². The van der Waals surface area contributed by atoms with Gasteiger partial charge in [0.25, 0.3) is 5.91 Å². The standard InChI is InChI=1S/C20H19BrFN5O/c21-13-5-6-14(16(22)11-13)20(28)27-9-7-26(8-10-27)12-18-24-17-4-2-1-3-15(17)19(23)25-18/h1-6,11H,7-10,12H2,(H2,23,24,25). The number of aromatic nitrogens is 2. The lowest BCUT2D eigenvalue weighted by Gasteiger charge is -2.34. The van der Waals surface area contributed by atoms with Gasteiger partial charge < -0.3 is 10.6 Å². The van der Waals surface area contributed by atoms with E-state index in [0.717, 1.165) is 10.9 Å². The van der Waals surface area contributed by atoms with Crippen LogP contribution in [0.15, 0.2) is 46.9 Å². The van der Waals surface area contributed by atoms with Crippen LogP contribution in [0.1, 0.15) is 16.2 Å². The van der Waals surface area contributed by atoms with E-state index in [2.05, 4.69) is 30.8 Å². The third-order valence-electron chi connectivity index (χ3n) is 4.87. The second kappa shape index (κ2) is 7.81. The summed E-state index contributed by atoms with van der Waals surface area (Å²) >= 11 is 3.21. The first-order valence-corrected chi connectivity index (χ1v) is 9.78. The number of benzene rings is 2.